The third-order valence-electron chi connectivity index (χ3n) is 3.14. The Kier molecular flexibility index (Phi) is 4.43. The largest absolute Gasteiger partial charge is 0.437 e. The Labute approximate surface area is 140 Å². The molecule has 0 fully saturated rings. The fourth-order valence-corrected chi connectivity index (χ4v) is 2.19. The van der Waals surface area contributed by atoms with Gasteiger partial charge in [0.05, 0.1) is 10.7 Å². The molecule has 0 saturated carbocycles. The van der Waals surface area contributed by atoms with E-state index in [0.29, 0.717) is 16.3 Å². The van der Waals surface area contributed by atoms with Crippen LogP contribution in [0.4, 0.5) is 10.1 Å². The normalized spacial score (nSPS) is 10.6. The first kappa shape index (κ1) is 15.9. The molecule has 1 amide bonds. The van der Waals surface area contributed by atoms with Crippen molar-refractivity contribution in [1.29, 1.82) is 0 Å². The number of amides is 1. The van der Waals surface area contributed by atoms with Crippen LogP contribution in [0.25, 0.3) is 11.5 Å². The highest BCUT2D eigenvalue weighted by molar-refractivity contribution is 6.33. The Bertz CT molecular complexity index is 934. The van der Waals surface area contributed by atoms with Crippen LogP contribution in [0.5, 0.6) is 0 Å². The molecule has 0 aliphatic heterocycles. The SMILES string of the molecule is O=C(Cn1nc(-c2ccc(F)cc2)oc1=O)Nc1ccccc1Cl. The van der Waals surface area contributed by atoms with Gasteiger partial charge in [-0.05, 0) is 36.4 Å². The predicted molar refractivity (Wildman–Crippen MR) is 86.2 cm³/mol. The van der Waals surface area contributed by atoms with Crippen molar-refractivity contribution in [2.24, 2.45) is 0 Å². The minimum atomic E-state index is -0.788. The van der Waals surface area contributed by atoms with Gasteiger partial charge >= 0.3 is 5.76 Å². The molecule has 122 valence electrons. The van der Waals surface area contributed by atoms with Gasteiger partial charge < -0.3 is 9.73 Å². The number of anilines is 1. The van der Waals surface area contributed by atoms with E-state index in [-0.39, 0.29) is 12.4 Å². The van der Waals surface area contributed by atoms with Crippen LogP contribution in [-0.2, 0) is 11.3 Å². The first-order chi connectivity index (χ1) is 11.5. The van der Waals surface area contributed by atoms with Crippen molar-refractivity contribution in [3.05, 3.63) is 69.9 Å². The Morgan fingerprint density at radius 1 is 1.21 bits per heavy atom. The van der Waals surface area contributed by atoms with E-state index in [4.69, 9.17) is 16.0 Å². The number of carbonyl (C=O) groups excluding carboxylic acids is 1. The Balaban J connectivity index is 1.76. The smallest absolute Gasteiger partial charge is 0.388 e. The third-order valence-corrected chi connectivity index (χ3v) is 3.47. The van der Waals surface area contributed by atoms with Crippen LogP contribution in [0.3, 0.4) is 0 Å². The molecule has 0 saturated heterocycles. The van der Waals surface area contributed by atoms with Crippen LogP contribution in [-0.4, -0.2) is 15.7 Å². The number of nitrogens with zero attached hydrogens (tertiary/aromatic N) is 2. The lowest BCUT2D eigenvalue weighted by molar-refractivity contribution is -0.117. The Hall–Kier alpha value is -2.93. The number of nitrogens with one attached hydrogen (secondary N) is 1. The standard InChI is InChI=1S/C16H11ClFN3O3/c17-12-3-1-2-4-13(12)19-14(22)9-21-16(23)24-15(20-21)10-5-7-11(18)8-6-10/h1-8H,9H2,(H,19,22). The van der Waals surface area contributed by atoms with E-state index < -0.39 is 17.5 Å². The van der Waals surface area contributed by atoms with Crippen LogP contribution < -0.4 is 11.1 Å². The van der Waals surface area contributed by atoms with E-state index in [9.17, 15) is 14.0 Å². The summed E-state index contributed by atoms with van der Waals surface area (Å²) in [5, 5.41) is 6.90. The lowest BCUT2D eigenvalue weighted by Gasteiger charge is -2.05. The topological polar surface area (TPSA) is 77.1 Å². The molecule has 3 rings (SSSR count). The van der Waals surface area contributed by atoms with Crippen molar-refractivity contribution in [3.63, 3.8) is 0 Å². The quantitative estimate of drug-likeness (QED) is 0.787. The second kappa shape index (κ2) is 6.67. The summed E-state index contributed by atoms with van der Waals surface area (Å²) in [7, 11) is 0. The second-order valence-corrected chi connectivity index (χ2v) is 5.27. The molecule has 3 aromatic rings. The molecular weight excluding hydrogens is 337 g/mol. The molecular formula is C16H11ClFN3O3. The summed E-state index contributed by atoms with van der Waals surface area (Å²) in [4.78, 5) is 23.8. The fourth-order valence-electron chi connectivity index (χ4n) is 2.00. The molecule has 0 atom stereocenters. The monoisotopic (exact) mass is 347 g/mol. The minimum Gasteiger partial charge on any atom is -0.388 e. The second-order valence-electron chi connectivity index (χ2n) is 4.87. The summed E-state index contributed by atoms with van der Waals surface area (Å²) >= 11 is 5.95. The van der Waals surface area contributed by atoms with Crippen molar-refractivity contribution in [2.45, 2.75) is 6.54 Å². The maximum Gasteiger partial charge on any atom is 0.437 e. The van der Waals surface area contributed by atoms with E-state index in [2.05, 4.69) is 10.4 Å². The zero-order chi connectivity index (χ0) is 17.1. The summed E-state index contributed by atoms with van der Waals surface area (Å²) in [5.41, 5.74) is 0.859. The molecule has 6 nitrogen and oxygen atoms in total. The van der Waals surface area contributed by atoms with Crippen LogP contribution in [0.1, 0.15) is 0 Å². The highest BCUT2D eigenvalue weighted by Crippen LogP contribution is 2.20. The fraction of sp³-hybridized carbons (Fsp3) is 0.0625. The average Bonchev–Trinajstić information content (AvgIpc) is 2.91. The first-order valence-electron chi connectivity index (χ1n) is 6.91. The number of para-hydroxylation sites is 1. The van der Waals surface area contributed by atoms with Crippen molar-refractivity contribution in [3.8, 4) is 11.5 Å². The van der Waals surface area contributed by atoms with E-state index in [0.717, 1.165) is 4.68 Å². The average molecular weight is 348 g/mol. The maximum absolute atomic E-state index is 12.9. The molecule has 0 aliphatic carbocycles. The van der Waals surface area contributed by atoms with Gasteiger partial charge in [0.1, 0.15) is 12.4 Å². The summed E-state index contributed by atoms with van der Waals surface area (Å²) in [6.07, 6.45) is 0. The summed E-state index contributed by atoms with van der Waals surface area (Å²) in [6.45, 7) is -0.339. The molecule has 1 heterocycles. The molecule has 0 unspecified atom stereocenters. The molecule has 0 aliphatic rings. The summed E-state index contributed by atoms with van der Waals surface area (Å²) in [5.74, 6) is -1.68. The van der Waals surface area contributed by atoms with Crippen molar-refractivity contribution < 1.29 is 13.6 Å². The number of rotatable bonds is 4. The van der Waals surface area contributed by atoms with Gasteiger partial charge in [-0.3, -0.25) is 4.79 Å². The van der Waals surface area contributed by atoms with Crippen molar-refractivity contribution in [1.82, 2.24) is 9.78 Å². The molecule has 24 heavy (non-hydrogen) atoms. The predicted octanol–water partition coefficient (Wildman–Crippen LogP) is 2.93. The molecule has 8 heteroatoms. The van der Waals surface area contributed by atoms with Crippen molar-refractivity contribution in [2.75, 3.05) is 5.32 Å². The zero-order valence-corrected chi connectivity index (χ0v) is 13.0. The number of hydrogen-bond acceptors (Lipinski definition) is 4. The van der Waals surface area contributed by atoms with Gasteiger partial charge in [0.25, 0.3) is 0 Å². The minimum absolute atomic E-state index is 0.00513. The first-order valence-corrected chi connectivity index (χ1v) is 7.29. The maximum atomic E-state index is 12.9. The van der Waals surface area contributed by atoms with Crippen LogP contribution >= 0.6 is 11.6 Å². The highest BCUT2D eigenvalue weighted by Gasteiger charge is 2.14. The Morgan fingerprint density at radius 3 is 2.62 bits per heavy atom. The molecule has 0 radical (unpaired) electrons. The lowest BCUT2D eigenvalue weighted by atomic mass is 10.2. The van der Waals surface area contributed by atoms with Gasteiger partial charge in [-0.25, -0.2) is 9.18 Å². The molecule has 0 bridgehead atoms. The van der Waals surface area contributed by atoms with Gasteiger partial charge in [0, 0.05) is 5.56 Å². The van der Waals surface area contributed by atoms with Gasteiger partial charge in [0.2, 0.25) is 11.8 Å². The summed E-state index contributed by atoms with van der Waals surface area (Å²) in [6, 6.07) is 12.0. The van der Waals surface area contributed by atoms with Gasteiger partial charge in [-0.1, -0.05) is 23.7 Å². The van der Waals surface area contributed by atoms with E-state index in [1.807, 2.05) is 0 Å². The van der Waals surface area contributed by atoms with E-state index in [1.165, 1.54) is 24.3 Å². The van der Waals surface area contributed by atoms with E-state index in [1.54, 1.807) is 24.3 Å². The molecule has 0 spiro atoms. The van der Waals surface area contributed by atoms with Gasteiger partial charge in [-0.2, -0.15) is 4.68 Å². The number of aromatic nitrogens is 2. The number of halogens is 2. The van der Waals surface area contributed by atoms with Crippen LogP contribution in [0.15, 0.2) is 57.7 Å². The third kappa shape index (κ3) is 3.52. The van der Waals surface area contributed by atoms with Crippen LogP contribution in [0.2, 0.25) is 5.02 Å². The van der Waals surface area contributed by atoms with Crippen LogP contribution in [0, 0.1) is 5.82 Å². The number of carbonyl (C=O) groups is 1. The van der Waals surface area contributed by atoms with Gasteiger partial charge in [0.15, 0.2) is 0 Å². The van der Waals surface area contributed by atoms with E-state index >= 15 is 0 Å². The zero-order valence-electron chi connectivity index (χ0n) is 12.2. The highest BCUT2D eigenvalue weighted by atomic mass is 35.5. The molecule has 2 aromatic carbocycles. The summed E-state index contributed by atoms with van der Waals surface area (Å²) < 4.78 is 18.8. The number of hydrogen-bond donors (Lipinski definition) is 1. The lowest BCUT2D eigenvalue weighted by Crippen LogP contribution is -2.25. The van der Waals surface area contributed by atoms with Gasteiger partial charge in [-0.15, -0.1) is 5.10 Å². The Morgan fingerprint density at radius 2 is 1.92 bits per heavy atom. The van der Waals surface area contributed by atoms with Crippen molar-refractivity contribution >= 4 is 23.2 Å². The number of benzene rings is 2. The molecule has 1 aromatic heterocycles. The molecule has 1 N–H and O–H groups in total.